The van der Waals surface area contributed by atoms with E-state index >= 15 is 0 Å². The highest BCUT2D eigenvalue weighted by Gasteiger charge is 2.28. The molecule has 0 spiro atoms. The number of carbonyl (C=O) groups excluding carboxylic acids is 1. The highest BCUT2D eigenvalue weighted by molar-refractivity contribution is 6.00. The molecule has 0 N–H and O–H groups in total. The highest BCUT2D eigenvalue weighted by Crippen LogP contribution is 2.34. The van der Waals surface area contributed by atoms with Gasteiger partial charge in [-0.3, -0.25) is 4.79 Å². The molecule has 2 rings (SSSR count). The first-order chi connectivity index (χ1) is 8.29. The van der Waals surface area contributed by atoms with Crippen LogP contribution in [0.1, 0.15) is 77.6 Å². The van der Waals surface area contributed by atoms with Crippen molar-refractivity contribution in [3.8, 4) is 0 Å². The van der Waals surface area contributed by atoms with Crippen molar-refractivity contribution in [3.63, 3.8) is 0 Å². The maximum absolute atomic E-state index is 12.1. The molecule has 2 aliphatic carbocycles. The normalized spacial score (nSPS) is 28.5. The van der Waals surface area contributed by atoms with Crippen molar-refractivity contribution in [2.75, 3.05) is 0 Å². The van der Waals surface area contributed by atoms with E-state index in [2.05, 4.69) is 6.92 Å². The zero-order valence-electron chi connectivity index (χ0n) is 11.3. The van der Waals surface area contributed by atoms with Crippen LogP contribution in [0.3, 0.4) is 0 Å². The molecule has 0 amide bonds. The van der Waals surface area contributed by atoms with E-state index in [0.717, 1.165) is 12.8 Å². The van der Waals surface area contributed by atoms with Crippen molar-refractivity contribution in [2.24, 2.45) is 5.92 Å². The molecule has 96 valence electrons. The number of carbonyl (C=O) groups is 1. The fourth-order valence-corrected chi connectivity index (χ4v) is 3.31. The summed E-state index contributed by atoms with van der Waals surface area (Å²) >= 11 is 0. The van der Waals surface area contributed by atoms with Crippen LogP contribution in [0.25, 0.3) is 0 Å². The average molecular weight is 234 g/mol. The Kier molecular flexibility index (Phi) is 4.82. The largest absolute Gasteiger partial charge is 0.294 e. The van der Waals surface area contributed by atoms with E-state index in [1.54, 1.807) is 0 Å². The molecule has 0 fully saturated rings. The third-order valence-corrected chi connectivity index (χ3v) is 4.38. The Balaban J connectivity index is 2.00. The Labute approximate surface area is 106 Å². The molecule has 1 nitrogen and oxygen atoms in total. The first-order valence-electron chi connectivity index (χ1n) is 7.54. The molecule has 0 aromatic rings. The third-order valence-electron chi connectivity index (χ3n) is 4.38. The number of allylic oxidation sites excluding steroid dienone is 2. The predicted octanol–water partition coefficient (Wildman–Crippen LogP) is 4.81. The number of Topliss-reactive ketones (excluding diaryl/α,β-unsaturated/α-hetero) is 1. The summed E-state index contributed by atoms with van der Waals surface area (Å²) in [5.41, 5.74) is 2.75. The molecule has 0 saturated heterocycles. The summed E-state index contributed by atoms with van der Waals surface area (Å²) in [4.78, 5) is 12.1. The fourth-order valence-electron chi connectivity index (χ4n) is 3.31. The zero-order valence-corrected chi connectivity index (χ0v) is 11.3. The standard InChI is InChI=1S/C16H26O/c1-13-12-14-10-8-6-4-2-3-5-7-9-11-15(14)16(13)17/h13H,2-12H2,1H3/t13-/m0/s1. The summed E-state index contributed by atoms with van der Waals surface area (Å²) in [7, 11) is 0. The molecule has 0 heterocycles. The van der Waals surface area contributed by atoms with Gasteiger partial charge >= 0.3 is 0 Å². The van der Waals surface area contributed by atoms with E-state index in [1.807, 2.05) is 0 Å². The Hall–Kier alpha value is -0.590. The maximum Gasteiger partial charge on any atom is 0.161 e. The van der Waals surface area contributed by atoms with Gasteiger partial charge in [0, 0.05) is 5.92 Å². The van der Waals surface area contributed by atoms with Crippen molar-refractivity contribution in [1.82, 2.24) is 0 Å². The zero-order chi connectivity index (χ0) is 12.1. The molecule has 0 aliphatic heterocycles. The monoisotopic (exact) mass is 234 g/mol. The maximum atomic E-state index is 12.1. The van der Waals surface area contributed by atoms with Gasteiger partial charge in [-0.2, -0.15) is 0 Å². The van der Waals surface area contributed by atoms with E-state index in [4.69, 9.17) is 0 Å². The summed E-state index contributed by atoms with van der Waals surface area (Å²) < 4.78 is 0. The minimum atomic E-state index is 0.283. The van der Waals surface area contributed by atoms with Crippen LogP contribution in [0.4, 0.5) is 0 Å². The van der Waals surface area contributed by atoms with Crippen LogP contribution in [-0.4, -0.2) is 5.78 Å². The molecule has 17 heavy (non-hydrogen) atoms. The van der Waals surface area contributed by atoms with Gasteiger partial charge in [0.05, 0.1) is 0 Å². The minimum Gasteiger partial charge on any atom is -0.294 e. The van der Waals surface area contributed by atoms with Gasteiger partial charge in [0.1, 0.15) is 0 Å². The van der Waals surface area contributed by atoms with E-state index in [-0.39, 0.29) is 5.92 Å². The van der Waals surface area contributed by atoms with Crippen molar-refractivity contribution in [3.05, 3.63) is 11.1 Å². The molecule has 2 aliphatic rings. The molecule has 0 saturated carbocycles. The summed E-state index contributed by atoms with van der Waals surface area (Å²) in [5.74, 6) is 0.752. The van der Waals surface area contributed by atoms with Gasteiger partial charge in [-0.15, -0.1) is 0 Å². The molecule has 0 unspecified atom stereocenters. The topological polar surface area (TPSA) is 17.1 Å². The Morgan fingerprint density at radius 3 is 2.00 bits per heavy atom. The predicted molar refractivity (Wildman–Crippen MR) is 72.0 cm³/mol. The molecule has 1 heteroatoms. The van der Waals surface area contributed by atoms with Crippen molar-refractivity contribution >= 4 is 5.78 Å². The van der Waals surface area contributed by atoms with Crippen LogP contribution in [0.2, 0.25) is 0 Å². The Morgan fingerprint density at radius 1 is 0.824 bits per heavy atom. The average Bonchev–Trinajstić information content (AvgIpc) is 2.56. The molecule has 0 aromatic carbocycles. The summed E-state index contributed by atoms with van der Waals surface area (Å²) in [5, 5.41) is 0. The van der Waals surface area contributed by atoms with Gasteiger partial charge in [0.15, 0.2) is 5.78 Å². The molecular formula is C16H26O. The summed E-state index contributed by atoms with van der Waals surface area (Å²) in [6.45, 7) is 2.10. The lowest BCUT2D eigenvalue weighted by molar-refractivity contribution is -0.118. The Morgan fingerprint density at radius 2 is 1.35 bits per heavy atom. The van der Waals surface area contributed by atoms with Crippen molar-refractivity contribution < 1.29 is 4.79 Å². The van der Waals surface area contributed by atoms with Gasteiger partial charge in [0.2, 0.25) is 0 Å². The highest BCUT2D eigenvalue weighted by atomic mass is 16.1. The van der Waals surface area contributed by atoms with E-state index in [0.29, 0.717) is 5.78 Å². The molecule has 0 bridgehead atoms. The lowest BCUT2D eigenvalue weighted by Crippen LogP contribution is -2.05. The Bertz CT molecular complexity index is 301. The van der Waals surface area contributed by atoms with Crippen LogP contribution in [0.5, 0.6) is 0 Å². The van der Waals surface area contributed by atoms with Crippen LogP contribution >= 0.6 is 0 Å². The first-order valence-corrected chi connectivity index (χ1v) is 7.54. The van der Waals surface area contributed by atoms with Crippen LogP contribution in [-0.2, 0) is 4.79 Å². The number of hydrogen-bond donors (Lipinski definition) is 0. The first kappa shape index (κ1) is 12.9. The van der Waals surface area contributed by atoms with Gasteiger partial charge in [-0.1, -0.05) is 51.0 Å². The van der Waals surface area contributed by atoms with Gasteiger partial charge in [-0.05, 0) is 37.7 Å². The molecular weight excluding hydrogens is 208 g/mol. The SMILES string of the molecule is C[C@H]1CC2=C(CCCCCCCCCC2)C1=O. The van der Waals surface area contributed by atoms with Crippen LogP contribution in [0.15, 0.2) is 11.1 Å². The van der Waals surface area contributed by atoms with E-state index in [9.17, 15) is 4.79 Å². The second kappa shape index (κ2) is 6.37. The number of ketones is 1. The number of rotatable bonds is 0. The lowest BCUT2D eigenvalue weighted by atomic mass is 9.96. The second-order valence-electron chi connectivity index (χ2n) is 5.88. The summed E-state index contributed by atoms with van der Waals surface area (Å²) in [6, 6.07) is 0. The fraction of sp³-hybridized carbons (Fsp3) is 0.812. The van der Waals surface area contributed by atoms with Crippen LogP contribution < -0.4 is 0 Å². The van der Waals surface area contributed by atoms with Gasteiger partial charge < -0.3 is 0 Å². The van der Waals surface area contributed by atoms with E-state index in [1.165, 1.54) is 68.9 Å². The smallest absolute Gasteiger partial charge is 0.161 e. The minimum absolute atomic E-state index is 0.283. The van der Waals surface area contributed by atoms with Crippen LogP contribution in [0, 0.1) is 5.92 Å². The van der Waals surface area contributed by atoms with Gasteiger partial charge in [0.25, 0.3) is 0 Å². The third kappa shape index (κ3) is 3.43. The molecule has 0 radical (unpaired) electrons. The van der Waals surface area contributed by atoms with E-state index < -0.39 is 0 Å². The van der Waals surface area contributed by atoms with Crippen molar-refractivity contribution in [1.29, 1.82) is 0 Å². The number of hydrogen-bond acceptors (Lipinski definition) is 1. The van der Waals surface area contributed by atoms with Crippen molar-refractivity contribution in [2.45, 2.75) is 77.6 Å². The molecule has 1 atom stereocenters. The quantitative estimate of drug-likeness (QED) is 0.588. The second-order valence-corrected chi connectivity index (χ2v) is 5.88. The van der Waals surface area contributed by atoms with Gasteiger partial charge in [-0.25, -0.2) is 0 Å². The summed E-state index contributed by atoms with van der Waals surface area (Å²) in [6.07, 6.45) is 14.1. The molecule has 0 aromatic heterocycles. The lowest BCUT2D eigenvalue weighted by Gasteiger charge is -2.09.